The van der Waals surface area contributed by atoms with Crippen LogP contribution in [0.15, 0.2) is 24.3 Å². The van der Waals surface area contributed by atoms with Crippen LogP contribution in [0, 0.1) is 0 Å². The first-order valence-electron chi connectivity index (χ1n) is 5.58. The first kappa shape index (κ1) is 17.8. The third kappa shape index (κ3) is 4.35. The van der Waals surface area contributed by atoms with Crippen LogP contribution in [-0.4, -0.2) is 37.0 Å². The van der Waals surface area contributed by atoms with E-state index in [2.05, 4.69) is 9.50 Å². The predicted molar refractivity (Wildman–Crippen MR) is 66.6 cm³/mol. The lowest BCUT2D eigenvalue weighted by Crippen LogP contribution is -2.38. The third-order valence-electron chi connectivity index (χ3n) is 2.32. The van der Waals surface area contributed by atoms with Gasteiger partial charge in [0.05, 0.1) is 0 Å². The SMILES string of the molecule is CC(NC(=O)c1ccc(OS(=O)(=O)C(F)(F)F)cc1)C(=O)O. The number of carbonyl (C=O) groups is 2. The number of alkyl halides is 3. The van der Waals surface area contributed by atoms with E-state index in [0.29, 0.717) is 0 Å². The molecular formula is C11H10F3NO6S. The summed E-state index contributed by atoms with van der Waals surface area (Å²) >= 11 is 0. The van der Waals surface area contributed by atoms with Crippen molar-refractivity contribution >= 4 is 22.0 Å². The molecule has 0 aliphatic heterocycles. The molecule has 0 aliphatic rings. The molecule has 0 radical (unpaired) electrons. The molecule has 0 saturated carbocycles. The second-order valence-corrected chi connectivity index (χ2v) is 5.58. The molecule has 11 heteroatoms. The second-order valence-electron chi connectivity index (χ2n) is 4.04. The van der Waals surface area contributed by atoms with Crippen molar-refractivity contribution < 1.29 is 40.5 Å². The molecule has 122 valence electrons. The van der Waals surface area contributed by atoms with E-state index >= 15 is 0 Å². The van der Waals surface area contributed by atoms with Crippen molar-refractivity contribution in [3.63, 3.8) is 0 Å². The number of amides is 1. The summed E-state index contributed by atoms with van der Waals surface area (Å²) in [5.41, 5.74) is -5.65. The Hall–Kier alpha value is -2.30. The number of hydrogen-bond acceptors (Lipinski definition) is 5. The highest BCUT2D eigenvalue weighted by atomic mass is 32.2. The van der Waals surface area contributed by atoms with E-state index in [4.69, 9.17) is 5.11 Å². The normalized spacial score (nSPS) is 13.3. The van der Waals surface area contributed by atoms with Crippen molar-refractivity contribution in [2.45, 2.75) is 18.5 Å². The summed E-state index contributed by atoms with van der Waals surface area (Å²) in [4.78, 5) is 22.2. The zero-order chi connectivity index (χ0) is 17.1. The third-order valence-corrected chi connectivity index (χ3v) is 3.30. The van der Waals surface area contributed by atoms with Gasteiger partial charge in [-0.05, 0) is 31.2 Å². The maximum Gasteiger partial charge on any atom is 0.534 e. The van der Waals surface area contributed by atoms with Crippen molar-refractivity contribution in [1.82, 2.24) is 5.32 Å². The first-order chi connectivity index (χ1) is 9.94. The standard InChI is InChI=1S/C11H10F3NO6S/c1-6(10(17)18)15-9(16)7-2-4-8(5-3-7)21-22(19,20)11(12,13)14/h2-6H,1H3,(H,15,16)(H,17,18). The Morgan fingerprint density at radius 1 is 1.23 bits per heavy atom. The van der Waals surface area contributed by atoms with Gasteiger partial charge in [0.25, 0.3) is 5.91 Å². The van der Waals surface area contributed by atoms with Gasteiger partial charge in [0.15, 0.2) is 0 Å². The van der Waals surface area contributed by atoms with Crippen molar-refractivity contribution in [3.8, 4) is 5.75 Å². The van der Waals surface area contributed by atoms with Crippen molar-refractivity contribution in [2.75, 3.05) is 0 Å². The lowest BCUT2D eigenvalue weighted by Gasteiger charge is -2.11. The van der Waals surface area contributed by atoms with E-state index in [1.54, 1.807) is 0 Å². The van der Waals surface area contributed by atoms with Crippen LogP contribution in [0.5, 0.6) is 5.75 Å². The molecule has 22 heavy (non-hydrogen) atoms. The van der Waals surface area contributed by atoms with Crippen LogP contribution in [0.25, 0.3) is 0 Å². The largest absolute Gasteiger partial charge is 0.534 e. The minimum Gasteiger partial charge on any atom is -0.480 e. The van der Waals surface area contributed by atoms with Gasteiger partial charge in [0.2, 0.25) is 0 Å². The molecule has 0 aliphatic carbocycles. The number of hydrogen-bond donors (Lipinski definition) is 2. The Morgan fingerprint density at radius 2 is 1.73 bits per heavy atom. The quantitative estimate of drug-likeness (QED) is 0.613. The number of rotatable bonds is 5. The maximum atomic E-state index is 12.1. The summed E-state index contributed by atoms with van der Waals surface area (Å²) in [6.07, 6.45) is 0. The monoisotopic (exact) mass is 341 g/mol. The molecule has 2 N–H and O–H groups in total. The Balaban J connectivity index is 2.84. The number of carboxylic acid groups (broad SMARTS) is 1. The minimum atomic E-state index is -5.79. The van der Waals surface area contributed by atoms with E-state index in [1.807, 2.05) is 0 Å². The number of carbonyl (C=O) groups excluding carboxylic acids is 1. The number of halogens is 3. The summed E-state index contributed by atoms with van der Waals surface area (Å²) in [5, 5.41) is 10.7. The molecule has 1 aromatic carbocycles. The van der Waals surface area contributed by atoms with E-state index in [-0.39, 0.29) is 5.56 Å². The predicted octanol–water partition coefficient (Wildman–Crippen LogP) is 1.12. The summed E-state index contributed by atoms with van der Waals surface area (Å²) < 4.78 is 61.7. The summed E-state index contributed by atoms with van der Waals surface area (Å²) in [7, 11) is -5.79. The zero-order valence-corrected chi connectivity index (χ0v) is 11.7. The molecule has 0 fully saturated rings. The fraction of sp³-hybridized carbons (Fsp3) is 0.273. The summed E-state index contributed by atoms with van der Waals surface area (Å²) in [6, 6.07) is 2.48. The number of carboxylic acids is 1. The van der Waals surface area contributed by atoms with Gasteiger partial charge in [-0.1, -0.05) is 0 Å². The molecule has 1 amide bonds. The minimum absolute atomic E-state index is 0.0788. The fourth-order valence-corrected chi connectivity index (χ4v) is 1.64. The summed E-state index contributed by atoms with van der Waals surface area (Å²) in [6.45, 7) is 1.22. The van der Waals surface area contributed by atoms with E-state index < -0.39 is 39.3 Å². The second kappa shape index (κ2) is 6.22. The van der Waals surface area contributed by atoms with Gasteiger partial charge in [-0.3, -0.25) is 9.59 Å². The van der Waals surface area contributed by atoms with Crippen LogP contribution >= 0.6 is 0 Å². The average Bonchev–Trinajstić information content (AvgIpc) is 2.37. The number of aliphatic carboxylic acids is 1. The Kier molecular flexibility index (Phi) is 5.02. The van der Waals surface area contributed by atoms with E-state index in [0.717, 1.165) is 24.3 Å². The van der Waals surface area contributed by atoms with Gasteiger partial charge in [-0.2, -0.15) is 21.6 Å². The highest BCUT2D eigenvalue weighted by molar-refractivity contribution is 7.87. The van der Waals surface area contributed by atoms with Gasteiger partial charge in [-0.15, -0.1) is 0 Å². The molecule has 7 nitrogen and oxygen atoms in total. The van der Waals surface area contributed by atoms with Gasteiger partial charge in [-0.25, -0.2) is 0 Å². The first-order valence-corrected chi connectivity index (χ1v) is 6.99. The van der Waals surface area contributed by atoms with Crippen LogP contribution in [0.4, 0.5) is 13.2 Å². The topological polar surface area (TPSA) is 110 Å². The van der Waals surface area contributed by atoms with Crippen LogP contribution in [0.1, 0.15) is 17.3 Å². The Bertz CT molecular complexity index is 668. The molecule has 1 atom stereocenters. The highest BCUT2D eigenvalue weighted by Crippen LogP contribution is 2.26. The van der Waals surface area contributed by atoms with Crippen LogP contribution in [0.2, 0.25) is 0 Å². The number of nitrogens with one attached hydrogen (secondary N) is 1. The molecule has 0 aromatic heterocycles. The molecule has 0 spiro atoms. The molecular weight excluding hydrogens is 331 g/mol. The van der Waals surface area contributed by atoms with Gasteiger partial charge in [0, 0.05) is 5.56 Å². The molecule has 0 saturated heterocycles. The van der Waals surface area contributed by atoms with Crippen molar-refractivity contribution in [2.24, 2.45) is 0 Å². The Morgan fingerprint density at radius 3 is 2.14 bits per heavy atom. The summed E-state index contributed by atoms with van der Waals surface area (Å²) in [5.74, 6) is -2.70. The molecule has 0 bridgehead atoms. The van der Waals surface area contributed by atoms with Gasteiger partial charge in [0.1, 0.15) is 11.8 Å². The van der Waals surface area contributed by atoms with Crippen LogP contribution < -0.4 is 9.50 Å². The van der Waals surface area contributed by atoms with Crippen LogP contribution in [0.3, 0.4) is 0 Å². The molecule has 1 rings (SSSR count). The fourth-order valence-electron chi connectivity index (χ4n) is 1.18. The smallest absolute Gasteiger partial charge is 0.480 e. The van der Waals surface area contributed by atoms with Crippen LogP contribution in [-0.2, 0) is 14.9 Å². The lowest BCUT2D eigenvalue weighted by atomic mass is 10.2. The zero-order valence-electron chi connectivity index (χ0n) is 10.9. The van der Waals surface area contributed by atoms with E-state index in [9.17, 15) is 31.2 Å². The average molecular weight is 341 g/mol. The highest BCUT2D eigenvalue weighted by Gasteiger charge is 2.48. The maximum absolute atomic E-state index is 12.1. The van der Waals surface area contributed by atoms with E-state index in [1.165, 1.54) is 6.92 Å². The lowest BCUT2D eigenvalue weighted by molar-refractivity contribution is -0.138. The molecule has 0 heterocycles. The van der Waals surface area contributed by atoms with Gasteiger partial charge >= 0.3 is 21.6 Å². The van der Waals surface area contributed by atoms with Crippen molar-refractivity contribution in [1.29, 1.82) is 0 Å². The molecule has 1 unspecified atom stereocenters. The Labute approximate surface area is 122 Å². The van der Waals surface area contributed by atoms with Gasteiger partial charge < -0.3 is 14.6 Å². The van der Waals surface area contributed by atoms with Crippen molar-refractivity contribution in [3.05, 3.63) is 29.8 Å². The molecule has 1 aromatic rings. The number of benzene rings is 1.